The summed E-state index contributed by atoms with van der Waals surface area (Å²) in [6.07, 6.45) is 13.4. The van der Waals surface area contributed by atoms with Gasteiger partial charge in [0.25, 0.3) is 0 Å². The van der Waals surface area contributed by atoms with Gasteiger partial charge in [0.05, 0.1) is 5.41 Å². The third-order valence-electron chi connectivity index (χ3n) is 12.0. The van der Waals surface area contributed by atoms with E-state index in [1.165, 1.54) is 90.1 Å². The second-order valence-electron chi connectivity index (χ2n) is 15.2. The number of aryl methyl sites for hydroxylation is 1. The van der Waals surface area contributed by atoms with Gasteiger partial charge in [0, 0.05) is 23.3 Å². The molecule has 53 heavy (non-hydrogen) atoms. The molecule has 1 nitrogen and oxygen atoms in total. The molecule has 6 aromatic carbocycles. The van der Waals surface area contributed by atoms with E-state index in [2.05, 4.69) is 202 Å². The van der Waals surface area contributed by atoms with Gasteiger partial charge >= 0.3 is 0 Å². The maximum Gasteiger partial charge on any atom is 0.0713 e. The van der Waals surface area contributed by atoms with Gasteiger partial charge < -0.3 is 4.90 Å². The van der Waals surface area contributed by atoms with E-state index in [9.17, 15) is 0 Å². The second kappa shape index (κ2) is 12.9. The second-order valence-corrected chi connectivity index (χ2v) is 15.2. The van der Waals surface area contributed by atoms with Crippen molar-refractivity contribution < 1.29 is 0 Å². The van der Waals surface area contributed by atoms with Crippen LogP contribution >= 0.6 is 0 Å². The average molecular weight is 684 g/mol. The number of rotatable bonds is 7. The topological polar surface area (TPSA) is 3.24 Å². The molecule has 2 aliphatic carbocycles. The molecule has 0 bridgehead atoms. The van der Waals surface area contributed by atoms with Gasteiger partial charge in [-0.15, -0.1) is 0 Å². The highest BCUT2D eigenvalue weighted by atomic mass is 15.1. The fourth-order valence-corrected chi connectivity index (χ4v) is 9.49. The molecule has 0 saturated carbocycles. The lowest BCUT2D eigenvalue weighted by Crippen LogP contribution is -2.29. The van der Waals surface area contributed by atoms with Crippen LogP contribution in [-0.4, -0.2) is 6.54 Å². The third-order valence-corrected chi connectivity index (χ3v) is 12.0. The highest BCUT2D eigenvalue weighted by Crippen LogP contribution is 2.56. The van der Waals surface area contributed by atoms with E-state index < -0.39 is 5.41 Å². The maximum atomic E-state index is 4.39. The number of benzene rings is 6. The first-order valence-corrected chi connectivity index (χ1v) is 19.0. The molecule has 0 amide bonds. The molecule has 0 unspecified atom stereocenters. The number of nitrogens with zero attached hydrogens (tertiary/aromatic N) is 1. The molecule has 1 heterocycles. The Hall–Kier alpha value is -5.92. The van der Waals surface area contributed by atoms with Crippen molar-refractivity contribution in [2.75, 3.05) is 11.4 Å². The van der Waals surface area contributed by atoms with Gasteiger partial charge in [0.15, 0.2) is 0 Å². The zero-order valence-electron chi connectivity index (χ0n) is 30.9. The summed E-state index contributed by atoms with van der Waals surface area (Å²) in [6.45, 7) is 12.3. The van der Waals surface area contributed by atoms with E-state index in [4.69, 9.17) is 0 Å². The van der Waals surface area contributed by atoms with Crippen molar-refractivity contribution in [3.63, 3.8) is 0 Å². The largest absolute Gasteiger partial charge is 0.341 e. The Morgan fingerprint density at radius 1 is 0.604 bits per heavy atom. The van der Waals surface area contributed by atoms with E-state index in [0.29, 0.717) is 0 Å². The fourth-order valence-electron chi connectivity index (χ4n) is 9.49. The smallest absolute Gasteiger partial charge is 0.0713 e. The van der Waals surface area contributed by atoms with Crippen LogP contribution in [0, 0.1) is 0 Å². The minimum absolute atomic E-state index is 0.103. The number of allylic oxidation sites excluding steroid dienone is 5. The van der Waals surface area contributed by atoms with Gasteiger partial charge in [-0.05, 0) is 116 Å². The highest BCUT2D eigenvalue weighted by molar-refractivity contribution is 5.93. The molecule has 1 heteroatoms. The van der Waals surface area contributed by atoms with E-state index in [1.54, 1.807) is 0 Å². The average Bonchev–Trinajstić information content (AvgIpc) is 3.61. The van der Waals surface area contributed by atoms with Crippen LogP contribution < -0.4 is 4.90 Å². The molecular formula is C52H45N. The van der Waals surface area contributed by atoms with Crippen LogP contribution in [0.3, 0.4) is 0 Å². The Morgan fingerprint density at radius 2 is 1.19 bits per heavy atom. The van der Waals surface area contributed by atoms with Gasteiger partial charge in [-0.2, -0.15) is 0 Å². The Morgan fingerprint density at radius 3 is 1.85 bits per heavy atom. The number of anilines is 2. The molecule has 0 aromatic heterocycles. The SMILES string of the molecule is C=CC1=C(/C=C\C)c2ccc(/C=C/c3ccc4c(c3)C(C)(C)c3cc(N5CCCc6ccccc65)ccc3-4)cc2C1(c1ccccc1)c1ccccc1. The van der Waals surface area contributed by atoms with Crippen molar-refractivity contribution in [1.29, 1.82) is 0 Å². The van der Waals surface area contributed by atoms with Crippen LogP contribution in [0.5, 0.6) is 0 Å². The van der Waals surface area contributed by atoms with Crippen molar-refractivity contribution in [3.8, 4) is 11.1 Å². The van der Waals surface area contributed by atoms with Gasteiger partial charge in [-0.3, -0.25) is 0 Å². The molecule has 0 fully saturated rings. The van der Waals surface area contributed by atoms with Crippen molar-refractivity contribution in [2.45, 2.75) is 44.4 Å². The standard InChI is InChI=1S/C52H45N/c1-5-16-42-45-30-27-37(34-49(45)52(46(42)6-2,39-19-9-7-10-20-39)40-21-11-8-12-22-40)25-24-36-26-29-43-44-31-28-41(35-48(44)51(3,4)47(43)33-36)53-32-15-18-38-17-13-14-23-50(38)53/h5-14,16-17,19-31,33-35H,2,15,18,32H2,1,3-4H3/b16-5-,25-24+. The molecule has 0 spiro atoms. The minimum atomic E-state index is -0.475. The van der Waals surface area contributed by atoms with Crippen molar-refractivity contribution in [3.05, 3.63) is 220 Å². The van der Waals surface area contributed by atoms with Crippen LogP contribution in [-0.2, 0) is 17.3 Å². The van der Waals surface area contributed by atoms with Crippen LogP contribution in [0.4, 0.5) is 11.4 Å². The zero-order valence-corrected chi connectivity index (χ0v) is 30.9. The first kappa shape index (κ1) is 33.0. The van der Waals surface area contributed by atoms with Gasteiger partial charge in [-0.1, -0.05) is 166 Å². The quantitative estimate of drug-likeness (QED) is 0.151. The first-order chi connectivity index (χ1) is 25.9. The number of hydrogen-bond acceptors (Lipinski definition) is 1. The molecule has 3 aliphatic rings. The number of para-hydroxylation sites is 1. The third kappa shape index (κ3) is 5.13. The lowest BCUT2D eigenvalue weighted by molar-refractivity contribution is 0.659. The summed E-state index contributed by atoms with van der Waals surface area (Å²) in [5, 5.41) is 0. The van der Waals surface area contributed by atoms with Crippen LogP contribution in [0.25, 0.3) is 28.9 Å². The zero-order chi connectivity index (χ0) is 36.2. The van der Waals surface area contributed by atoms with E-state index in [1.807, 2.05) is 0 Å². The summed E-state index contributed by atoms with van der Waals surface area (Å²) in [7, 11) is 0. The first-order valence-electron chi connectivity index (χ1n) is 19.0. The Labute approximate surface area is 315 Å². The lowest BCUT2D eigenvalue weighted by Gasteiger charge is -2.35. The van der Waals surface area contributed by atoms with Crippen molar-refractivity contribution >= 4 is 29.1 Å². The molecule has 0 saturated heterocycles. The van der Waals surface area contributed by atoms with Gasteiger partial charge in [0.1, 0.15) is 0 Å². The molecule has 6 aromatic rings. The summed E-state index contributed by atoms with van der Waals surface area (Å²) in [6, 6.07) is 51.9. The van der Waals surface area contributed by atoms with Crippen LogP contribution in [0.15, 0.2) is 170 Å². The number of fused-ring (bicyclic) bond motifs is 5. The minimum Gasteiger partial charge on any atom is -0.341 e. The summed E-state index contributed by atoms with van der Waals surface area (Å²) in [5.74, 6) is 0. The van der Waals surface area contributed by atoms with E-state index in [0.717, 1.165) is 13.0 Å². The molecule has 0 atom stereocenters. The molecule has 0 N–H and O–H groups in total. The molecule has 258 valence electrons. The predicted octanol–water partition coefficient (Wildman–Crippen LogP) is 13.1. The van der Waals surface area contributed by atoms with Gasteiger partial charge in [-0.25, -0.2) is 0 Å². The van der Waals surface area contributed by atoms with Crippen molar-refractivity contribution in [2.24, 2.45) is 0 Å². The molecule has 1 aliphatic heterocycles. The summed E-state index contributed by atoms with van der Waals surface area (Å²) in [5.41, 5.74) is 18.9. The van der Waals surface area contributed by atoms with Crippen molar-refractivity contribution in [1.82, 2.24) is 0 Å². The Bertz CT molecular complexity index is 2430. The normalized spacial score (nSPS) is 16.5. The van der Waals surface area contributed by atoms with E-state index in [-0.39, 0.29) is 5.41 Å². The predicted molar refractivity (Wildman–Crippen MR) is 226 cm³/mol. The number of hydrogen-bond donors (Lipinski definition) is 0. The Kier molecular flexibility index (Phi) is 8.04. The highest BCUT2D eigenvalue weighted by Gasteiger charge is 2.46. The van der Waals surface area contributed by atoms with Gasteiger partial charge in [0.2, 0.25) is 0 Å². The van der Waals surface area contributed by atoms with Crippen LogP contribution in [0.2, 0.25) is 0 Å². The summed E-state index contributed by atoms with van der Waals surface area (Å²) >= 11 is 0. The summed E-state index contributed by atoms with van der Waals surface area (Å²) < 4.78 is 0. The fraction of sp³-hybridized carbons (Fsp3) is 0.154. The van der Waals surface area contributed by atoms with E-state index >= 15 is 0 Å². The lowest BCUT2D eigenvalue weighted by atomic mass is 9.66. The summed E-state index contributed by atoms with van der Waals surface area (Å²) in [4.78, 5) is 2.52. The monoisotopic (exact) mass is 683 g/mol. The molecule has 0 radical (unpaired) electrons. The molecule has 9 rings (SSSR count). The van der Waals surface area contributed by atoms with Crippen LogP contribution in [0.1, 0.15) is 77.3 Å². The maximum absolute atomic E-state index is 4.39. The Balaban J connectivity index is 1.09. The molecular weight excluding hydrogens is 639 g/mol.